The van der Waals surface area contributed by atoms with E-state index in [0.29, 0.717) is 13.2 Å². The number of likely N-dealkylation sites (N-methyl/N-ethyl adjacent to an activating group) is 1. The normalized spacial score (nSPS) is 10.7. The Labute approximate surface area is 105 Å². The molecule has 0 aliphatic rings. The highest BCUT2D eigenvalue weighted by Crippen LogP contribution is 2.27. The summed E-state index contributed by atoms with van der Waals surface area (Å²) >= 11 is 0. The Morgan fingerprint density at radius 2 is 2.06 bits per heavy atom. The third-order valence-corrected chi connectivity index (χ3v) is 2.68. The van der Waals surface area contributed by atoms with Crippen molar-refractivity contribution in [1.29, 1.82) is 0 Å². The van der Waals surface area contributed by atoms with Crippen LogP contribution in [0.25, 0.3) is 0 Å². The highest BCUT2D eigenvalue weighted by atomic mass is 19.1. The van der Waals surface area contributed by atoms with Crippen LogP contribution in [0.15, 0.2) is 18.2 Å². The lowest BCUT2D eigenvalue weighted by Crippen LogP contribution is -2.28. The van der Waals surface area contributed by atoms with Gasteiger partial charge in [-0.25, -0.2) is 4.39 Å². The van der Waals surface area contributed by atoms with Gasteiger partial charge in [-0.1, -0.05) is 13.8 Å². The summed E-state index contributed by atoms with van der Waals surface area (Å²) in [6.45, 7) is 6.76. The van der Waals surface area contributed by atoms with Gasteiger partial charge in [0.25, 0.3) is 0 Å². The van der Waals surface area contributed by atoms with Crippen LogP contribution in [0.2, 0.25) is 0 Å². The first-order chi connectivity index (χ1) is 8.58. The van der Waals surface area contributed by atoms with Crippen molar-refractivity contribution in [2.45, 2.75) is 13.8 Å². The maximum absolute atomic E-state index is 13.0. The number of ether oxygens (including phenoxy) is 1. The van der Waals surface area contributed by atoms with E-state index in [4.69, 9.17) is 4.74 Å². The third kappa shape index (κ3) is 3.96. The van der Waals surface area contributed by atoms with E-state index in [0.717, 1.165) is 31.3 Å². The largest absolute Gasteiger partial charge is 0.485 e. The summed E-state index contributed by atoms with van der Waals surface area (Å²) in [5.41, 5.74) is -0.212. The summed E-state index contributed by atoms with van der Waals surface area (Å²) in [6, 6.07) is 3.21. The molecule has 100 valence electrons. The van der Waals surface area contributed by atoms with Crippen LogP contribution in [0.3, 0.4) is 0 Å². The van der Waals surface area contributed by atoms with Gasteiger partial charge in [-0.2, -0.15) is 0 Å². The van der Waals surface area contributed by atoms with Crippen molar-refractivity contribution in [3.05, 3.63) is 34.1 Å². The Hall–Kier alpha value is -1.69. The van der Waals surface area contributed by atoms with Gasteiger partial charge in [0, 0.05) is 18.7 Å². The van der Waals surface area contributed by atoms with Gasteiger partial charge in [0.1, 0.15) is 12.4 Å². The number of halogens is 1. The second-order valence-electron chi connectivity index (χ2n) is 3.74. The summed E-state index contributed by atoms with van der Waals surface area (Å²) in [7, 11) is 0. The summed E-state index contributed by atoms with van der Waals surface area (Å²) in [4.78, 5) is 12.3. The third-order valence-electron chi connectivity index (χ3n) is 2.68. The maximum Gasteiger partial charge on any atom is 0.311 e. The molecule has 0 radical (unpaired) electrons. The summed E-state index contributed by atoms with van der Waals surface area (Å²) in [5, 5.41) is 10.7. The minimum atomic E-state index is -0.577. The topological polar surface area (TPSA) is 55.6 Å². The van der Waals surface area contributed by atoms with Crippen LogP contribution in [0.1, 0.15) is 13.8 Å². The van der Waals surface area contributed by atoms with Gasteiger partial charge in [0.2, 0.25) is 0 Å². The first kappa shape index (κ1) is 14.4. The van der Waals surface area contributed by atoms with E-state index < -0.39 is 10.7 Å². The lowest BCUT2D eigenvalue weighted by Gasteiger charge is -2.17. The Balaban J connectivity index is 2.66. The molecule has 0 aromatic heterocycles. The van der Waals surface area contributed by atoms with Crippen LogP contribution in [0, 0.1) is 15.9 Å². The zero-order chi connectivity index (χ0) is 13.5. The smallest absolute Gasteiger partial charge is 0.311 e. The fourth-order valence-corrected chi connectivity index (χ4v) is 1.58. The summed E-state index contributed by atoms with van der Waals surface area (Å²) in [5.74, 6) is -0.564. The van der Waals surface area contributed by atoms with Crippen LogP contribution in [0.5, 0.6) is 5.75 Å². The molecule has 0 aliphatic heterocycles. The van der Waals surface area contributed by atoms with E-state index in [1.807, 2.05) is 13.8 Å². The first-order valence-electron chi connectivity index (χ1n) is 5.87. The number of benzene rings is 1. The Morgan fingerprint density at radius 1 is 1.39 bits per heavy atom. The monoisotopic (exact) mass is 256 g/mol. The number of hydrogen-bond donors (Lipinski definition) is 0. The first-order valence-corrected chi connectivity index (χ1v) is 5.87. The Kier molecular flexibility index (Phi) is 5.51. The van der Waals surface area contributed by atoms with Gasteiger partial charge in [-0.3, -0.25) is 10.1 Å². The molecule has 0 atom stereocenters. The van der Waals surface area contributed by atoms with E-state index in [1.54, 1.807) is 0 Å². The summed E-state index contributed by atoms with van der Waals surface area (Å²) < 4.78 is 18.3. The molecule has 5 nitrogen and oxygen atoms in total. The van der Waals surface area contributed by atoms with Crippen molar-refractivity contribution >= 4 is 5.69 Å². The van der Waals surface area contributed by atoms with E-state index in [-0.39, 0.29) is 11.4 Å². The second-order valence-corrected chi connectivity index (χ2v) is 3.74. The van der Waals surface area contributed by atoms with Gasteiger partial charge in [-0.05, 0) is 19.2 Å². The van der Waals surface area contributed by atoms with Crippen LogP contribution in [-0.2, 0) is 0 Å². The molecular formula is C12H17FN2O3. The molecule has 0 bridgehead atoms. The Bertz CT molecular complexity index is 408. The van der Waals surface area contributed by atoms with Crippen LogP contribution in [-0.4, -0.2) is 36.1 Å². The van der Waals surface area contributed by atoms with Crippen LogP contribution < -0.4 is 4.74 Å². The quantitative estimate of drug-likeness (QED) is 0.555. The number of hydrogen-bond acceptors (Lipinski definition) is 4. The lowest BCUT2D eigenvalue weighted by molar-refractivity contribution is -0.385. The molecule has 1 aromatic rings. The van der Waals surface area contributed by atoms with Crippen LogP contribution >= 0.6 is 0 Å². The standard InChI is InChI=1S/C12H17FN2O3/c1-3-14(4-2)7-8-18-12-9-10(13)5-6-11(12)15(16)17/h5-6,9H,3-4,7-8H2,1-2H3. The highest BCUT2D eigenvalue weighted by Gasteiger charge is 2.15. The molecular weight excluding hydrogens is 239 g/mol. The highest BCUT2D eigenvalue weighted by molar-refractivity contribution is 5.46. The van der Waals surface area contributed by atoms with Gasteiger partial charge in [0.15, 0.2) is 5.75 Å². The van der Waals surface area contributed by atoms with Gasteiger partial charge in [-0.15, -0.1) is 0 Å². The van der Waals surface area contributed by atoms with Crippen molar-refractivity contribution < 1.29 is 14.1 Å². The Morgan fingerprint density at radius 3 is 2.61 bits per heavy atom. The molecule has 1 aromatic carbocycles. The van der Waals surface area contributed by atoms with E-state index in [2.05, 4.69) is 4.90 Å². The molecule has 0 unspecified atom stereocenters. The molecule has 0 heterocycles. The maximum atomic E-state index is 13.0. The molecule has 1 rings (SSSR count). The average Bonchev–Trinajstić information content (AvgIpc) is 2.34. The molecule has 0 aliphatic carbocycles. The van der Waals surface area contributed by atoms with Crippen LogP contribution in [0.4, 0.5) is 10.1 Å². The predicted octanol–water partition coefficient (Wildman–Crippen LogP) is 2.45. The molecule has 0 saturated carbocycles. The fourth-order valence-electron chi connectivity index (χ4n) is 1.58. The van der Waals surface area contributed by atoms with Crippen molar-refractivity contribution in [2.75, 3.05) is 26.2 Å². The SMILES string of the molecule is CCN(CC)CCOc1cc(F)ccc1[N+](=O)[O-]. The summed E-state index contributed by atoms with van der Waals surface area (Å²) in [6.07, 6.45) is 0. The average molecular weight is 256 g/mol. The minimum absolute atomic E-state index is 0.0212. The van der Waals surface area contributed by atoms with Crippen molar-refractivity contribution in [3.63, 3.8) is 0 Å². The minimum Gasteiger partial charge on any atom is -0.485 e. The van der Waals surface area contributed by atoms with E-state index in [9.17, 15) is 14.5 Å². The molecule has 0 fully saturated rings. The fraction of sp³-hybridized carbons (Fsp3) is 0.500. The van der Waals surface area contributed by atoms with Crippen molar-refractivity contribution in [3.8, 4) is 5.75 Å². The molecule has 18 heavy (non-hydrogen) atoms. The van der Waals surface area contributed by atoms with E-state index >= 15 is 0 Å². The molecule has 0 saturated heterocycles. The zero-order valence-corrected chi connectivity index (χ0v) is 10.6. The van der Waals surface area contributed by atoms with E-state index in [1.165, 1.54) is 0 Å². The zero-order valence-electron chi connectivity index (χ0n) is 10.6. The van der Waals surface area contributed by atoms with Gasteiger partial charge in [0.05, 0.1) is 4.92 Å². The molecule has 6 heteroatoms. The van der Waals surface area contributed by atoms with Crippen molar-refractivity contribution in [2.24, 2.45) is 0 Å². The lowest BCUT2D eigenvalue weighted by atomic mass is 10.3. The molecule has 0 amide bonds. The molecule has 0 spiro atoms. The predicted molar refractivity (Wildman–Crippen MR) is 66.3 cm³/mol. The molecule has 0 N–H and O–H groups in total. The van der Waals surface area contributed by atoms with Gasteiger partial charge < -0.3 is 9.64 Å². The van der Waals surface area contributed by atoms with Crippen molar-refractivity contribution in [1.82, 2.24) is 4.90 Å². The second kappa shape index (κ2) is 6.90. The number of nitro groups is 1. The van der Waals surface area contributed by atoms with Gasteiger partial charge >= 0.3 is 5.69 Å². The number of nitrogens with zero attached hydrogens (tertiary/aromatic N) is 2. The number of rotatable bonds is 7. The number of nitro benzene ring substituents is 1.